The Morgan fingerprint density at radius 1 is 1.06 bits per heavy atom. The van der Waals surface area contributed by atoms with Crippen LogP contribution in [0.3, 0.4) is 0 Å². The Kier molecular flexibility index (Phi) is 3.32. The number of nitrogens with zero attached hydrogens (tertiary/aromatic N) is 2. The Balaban J connectivity index is 2.59. The van der Waals surface area contributed by atoms with E-state index in [-0.39, 0.29) is 0 Å². The van der Waals surface area contributed by atoms with Crippen LogP contribution in [-0.2, 0) is 0 Å². The lowest BCUT2D eigenvalue weighted by molar-refractivity contribution is 0.836. The summed E-state index contributed by atoms with van der Waals surface area (Å²) >= 11 is 0. The monoisotopic (exact) mass is 241 g/mol. The highest BCUT2D eigenvalue weighted by atomic mass is 15.0. The highest BCUT2D eigenvalue weighted by molar-refractivity contribution is 5.62. The molecule has 0 saturated carbocycles. The number of aryl methyl sites for hydroxylation is 2. The SMILES string of the molecule is Cc1ccccc1-c1nc(C)c(C(C)C)c(N)n1. The van der Waals surface area contributed by atoms with Crippen molar-refractivity contribution in [2.24, 2.45) is 0 Å². The molecule has 0 aliphatic carbocycles. The number of nitrogen functional groups attached to an aromatic ring is 1. The Labute approximate surface area is 108 Å². The first-order valence-electron chi connectivity index (χ1n) is 6.20. The number of nitrogens with two attached hydrogens (primary N) is 1. The molecule has 1 heterocycles. The van der Waals surface area contributed by atoms with Gasteiger partial charge in [0.1, 0.15) is 5.82 Å². The molecule has 0 aliphatic heterocycles. The topological polar surface area (TPSA) is 51.8 Å². The van der Waals surface area contributed by atoms with E-state index in [1.54, 1.807) is 0 Å². The van der Waals surface area contributed by atoms with Gasteiger partial charge in [0.05, 0.1) is 0 Å². The minimum absolute atomic E-state index is 0.343. The summed E-state index contributed by atoms with van der Waals surface area (Å²) in [4.78, 5) is 9.05. The van der Waals surface area contributed by atoms with Gasteiger partial charge in [-0.2, -0.15) is 0 Å². The van der Waals surface area contributed by atoms with Gasteiger partial charge >= 0.3 is 0 Å². The van der Waals surface area contributed by atoms with Crippen LogP contribution in [-0.4, -0.2) is 9.97 Å². The Morgan fingerprint density at radius 2 is 1.72 bits per heavy atom. The molecule has 94 valence electrons. The molecule has 3 nitrogen and oxygen atoms in total. The lowest BCUT2D eigenvalue weighted by atomic mass is 10.0. The molecule has 1 aromatic heterocycles. The van der Waals surface area contributed by atoms with Crippen LogP contribution in [0.5, 0.6) is 0 Å². The fourth-order valence-electron chi connectivity index (χ4n) is 2.26. The van der Waals surface area contributed by atoms with Gasteiger partial charge in [-0.3, -0.25) is 0 Å². The van der Waals surface area contributed by atoms with Gasteiger partial charge in [0, 0.05) is 16.8 Å². The van der Waals surface area contributed by atoms with Gasteiger partial charge in [-0.15, -0.1) is 0 Å². The van der Waals surface area contributed by atoms with Crippen molar-refractivity contribution in [3.63, 3.8) is 0 Å². The van der Waals surface area contributed by atoms with E-state index in [0.717, 1.165) is 22.4 Å². The number of benzene rings is 1. The predicted octanol–water partition coefficient (Wildman–Crippen LogP) is 3.47. The van der Waals surface area contributed by atoms with Gasteiger partial charge < -0.3 is 5.73 Å². The normalized spacial score (nSPS) is 10.9. The standard InChI is InChI=1S/C15H19N3/c1-9(2)13-11(4)17-15(18-14(13)16)12-8-6-5-7-10(12)3/h5-9H,1-4H3,(H2,16,17,18). The van der Waals surface area contributed by atoms with E-state index in [1.807, 2.05) is 25.1 Å². The molecule has 0 saturated heterocycles. The molecule has 3 heteroatoms. The van der Waals surface area contributed by atoms with E-state index in [2.05, 4.69) is 36.8 Å². The van der Waals surface area contributed by atoms with Crippen molar-refractivity contribution in [3.05, 3.63) is 41.1 Å². The van der Waals surface area contributed by atoms with Crippen LogP contribution in [0.25, 0.3) is 11.4 Å². The minimum Gasteiger partial charge on any atom is -0.383 e. The predicted molar refractivity (Wildman–Crippen MR) is 75.4 cm³/mol. The minimum atomic E-state index is 0.343. The van der Waals surface area contributed by atoms with Crippen molar-refractivity contribution in [3.8, 4) is 11.4 Å². The molecule has 0 unspecified atom stereocenters. The highest BCUT2D eigenvalue weighted by Gasteiger charge is 2.14. The second-order valence-electron chi connectivity index (χ2n) is 4.90. The van der Waals surface area contributed by atoms with Gasteiger partial charge in [0.2, 0.25) is 0 Å². The molecule has 0 atom stereocenters. The van der Waals surface area contributed by atoms with Gasteiger partial charge in [0.15, 0.2) is 5.82 Å². The lowest BCUT2D eigenvalue weighted by Gasteiger charge is -2.14. The Hall–Kier alpha value is -1.90. The van der Waals surface area contributed by atoms with E-state index in [9.17, 15) is 0 Å². The number of aromatic nitrogens is 2. The maximum Gasteiger partial charge on any atom is 0.162 e. The fraction of sp³-hybridized carbons (Fsp3) is 0.333. The molecule has 0 aliphatic rings. The van der Waals surface area contributed by atoms with Gasteiger partial charge in [-0.05, 0) is 25.3 Å². The average Bonchev–Trinajstić information content (AvgIpc) is 2.27. The van der Waals surface area contributed by atoms with E-state index in [4.69, 9.17) is 5.73 Å². The largest absolute Gasteiger partial charge is 0.383 e. The molecule has 1 aromatic carbocycles. The first-order chi connectivity index (χ1) is 8.50. The summed E-state index contributed by atoms with van der Waals surface area (Å²) in [7, 11) is 0. The zero-order chi connectivity index (χ0) is 13.3. The van der Waals surface area contributed by atoms with E-state index < -0.39 is 0 Å². The maximum atomic E-state index is 6.06. The van der Waals surface area contributed by atoms with Crippen molar-refractivity contribution in [2.45, 2.75) is 33.6 Å². The molecule has 0 radical (unpaired) electrons. The number of anilines is 1. The number of hydrogen-bond acceptors (Lipinski definition) is 3. The van der Waals surface area contributed by atoms with Crippen molar-refractivity contribution in [2.75, 3.05) is 5.73 Å². The van der Waals surface area contributed by atoms with Crippen LogP contribution in [0, 0.1) is 13.8 Å². The molecule has 0 fully saturated rings. The number of hydrogen-bond donors (Lipinski definition) is 1. The van der Waals surface area contributed by atoms with E-state index in [0.29, 0.717) is 17.6 Å². The summed E-state index contributed by atoms with van der Waals surface area (Å²) in [6.07, 6.45) is 0. The lowest BCUT2D eigenvalue weighted by Crippen LogP contribution is -2.07. The van der Waals surface area contributed by atoms with Gasteiger partial charge in [-0.1, -0.05) is 38.1 Å². The van der Waals surface area contributed by atoms with Crippen molar-refractivity contribution < 1.29 is 0 Å². The maximum absolute atomic E-state index is 6.06. The third-order valence-electron chi connectivity index (χ3n) is 3.13. The molecular weight excluding hydrogens is 222 g/mol. The van der Waals surface area contributed by atoms with Crippen molar-refractivity contribution >= 4 is 5.82 Å². The Morgan fingerprint density at radius 3 is 2.28 bits per heavy atom. The second-order valence-corrected chi connectivity index (χ2v) is 4.90. The zero-order valence-electron chi connectivity index (χ0n) is 11.4. The summed E-state index contributed by atoms with van der Waals surface area (Å²) in [5, 5.41) is 0. The van der Waals surface area contributed by atoms with Crippen molar-refractivity contribution in [1.29, 1.82) is 0 Å². The molecule has 2 aromatic rings. The van der Waals surface area contributed by atoms with E-state index in [1.165, 1.54) is 0 Å². The smallest absolute Gasteiger partial charge is 0.162 e. The van der Waals surface area contributed by atoms with Gasteiger partial charge in [0.25, 0.3) is 0 Å². The highest BCUT2D eigenvalue weighted by Crippen LogP contribution is 2.27. The van der Waals surface area contributed by atoms with Crippen LogP contribution in [0.15, 0.2) is 24.3 Å². The summed E-state index contributed by atoms with van der Waals surface area (Å²) in [5.41, 5.74) is 10.3. The average molecular weight is 241 g/mol. The second kappa shape index (κ2) is 4.77. The fourth-order valence-corrected chi connectivity index (χ4v) is 2.26. The first kappa shape index (κ1) is 12.6. The molecule has 2 rings (SSSR count). The molecule has 2 N–H and O–H groups in total. The summed E-state index contributed by atoms with van der Waals surface area (Å²) < 4.78 is 0. The third kappa shape index (κ3) is 2.21. The van der Waals surface area contributed by atoms with Crippen LogP contribution in [0.1, 0.15) is 36.6 Å². The molecular formula is C15H19N3. The zero-order valence-corrected chi connectivity index (χ0v) is 11.4. The molecule has 0 spiro atoms. The molecule has 18 heavy (non-hydrogen) atoms. The van der Waals surface area contributed by atoms with Gasteiger partial charge in [-0.25, -0.2) is 9.97 Å². The summed E-state index contributed by atoms with van der Waals surface area (Å²) in [6.45, 7) is 8.26. The quantitative estimate of drug-likeness (QED) is 0.876. The van der Waals surface area contributed by atoms with E-state index >= 15 is 0 Å². The first-order valence-corrected chi connectivity index (χ1v) is 6.20. The van der Waals surface area contributed by atoms with Crippen LogP contribution < -0.4 is 5.73 Å². The Bertz CT molecular complexity index is 551. The van der Waals surface area contributed by atoms with Crippen LogP contribution >= 0.6 is 0 Å². The van der Waals surface area contributed by atoms with Crippen molar-refractivity contribution in [1.82, 2.24) is 9.97 Å². The van der Waals surface area contributed by atoms with Crippen LogP contribution in [0.2, 0.25) is 0 Å². The summed E-state index contributed by atoms with van der Waals surface area (Å²) in [6, 6.07) is 8.09. The molecule has 0 bridgehead atoms. The number of rotatable bonds is 2. The third-order valence-corrected chi connectivity index (χ3v) is 3.13. The summed E-state index contributed by atoms with van der Waals surface area (Å²) in [5.74, 6) is 1.65. The van der Waals surface area contributed by atoms with Crippen LogP contribution in [0.4, 0.5) is 5.82 Å². The molecule has 0 amide bonds.